The van der Waals surface area contributed by atoms with Crippen LogP contribution in [0.15, 0.2) is 22.8 Å². The highest BCUT2D eigenvalue weighted by molar-refractivity contribution is 5.35. The van der Waals surface area contributed by atoms with E-state index in [2.05, 4.69) is 16.3 Å². The van der Waals surface area contributed by atoms with Crippen LogP contribution in [0.25, 0.3) is 0 Å². The van der Waals surface area contributed by atoms with Crippen molar-refractivity contribution in [2.24, 2.45) is 5.92 Å². The highest BCUT2D eigenvalue weighted by Crippen LogP contribution is 2.28. The number of nitrogens with one attached hydrogen (secondary N) is 1. The number of piperidine rings is 1. The van der Waals surface area contributed by atoms with Gasteiger partial charge in [0.1, 0.15) is 0 Å². The maximum Gasteiger partial charge on any atom is 0.195 e. The lowest BCUT2D eigenvalue weighted by Crippen LogP contribution is -2.46. The van der Waals surface area contributed by atoms with Crippen LogP contribution in [0.2, 0.25) is 0 Å². The lowest BCUT2D eigenvalue weighted by atomic mass is 9.93. The van der Waals surface area contributed by atoms with Crippen molar-refractivity contribution < 1.29 is 4.42 Å². The molecule has 3 heteroatoms. The van der Waals surface area contributed by atoms with Crippen molar-refractivity contribution in [1.29, 1.82) is 0 Å². The molecule has 14 heavy (non-hydrogen) atoms. The van der Waals surface area contributed by atoms with Crippen molar-refractivity contribution in [3.63, 3.8) is 0 Å². The van der Waals surface area contributed by atoms with Crippen molar-refractivity contribution >= 4 is 5.88 Å². The third kappa shape index (κ3) is 1.32. The van der Waals surface area contributed by atoms with E-state index >= 15 is 0 Å². The summed E-state index contributed by atoms with van der Waals surface area (Å²) in [4.78, 5) is 2.35. The van der Waals surface area contributed by atoms with Gasteiger partial charge in [-0.3, -0.25) is 0 Å². The van der Waals surface area contributed by atoms with Crippen LogP contribution in [-0.4, -0.2) is 25.7 Å². The van der Waals surface area contributed by atoms with E-state index < -0.39 is 0 Å². The minimum atomic E-state index is 0.689. The third-order valence-corrected chi connectivity index (χ3v) is 3.50. The predicted octanol–water partition coefficient (Wildman–Crippen LogP) is 1.47. The molecule has 1 aromatic rings. The standard InChI is InChI=1S/C11H16N2O/c1-2-11(14-7-1)13-6-4-9-3-5-12-10(9)8-13/h1-2,7,9-10,12H,3-6,8H2. The Hall–Kier alpha value is -0.960. The van der Waals surface area contributed by atoms with Crippen molar-refractivity contribution in [2.45, 2.75) is 18.9 Å². The van der Waals surface area contributed by atoms with Crippen LogP contribution < -0.4 is 10.2 Å². The van der Waals surface area contributed by atoms with E-state index in [1.165, 1.54) is 19.4 Å². The molecule has 2 atom stereocenters. The number of nitrogens with zero attached hydrogens (tertiary/aromatic N) is 1. The zero-order valence-corrected chi connectivity index (χ0v) is 8.28. The summed E-state index contributed by atoms with van der Waals surface area (Å²) in [5.74, 6) is 1.93. The van der Waals surface area contributed by atoms with Gasteiger partial charge in [0, 0.05) is 25.2 Å². The Bertz CT molecular complexity index is 296. The van der Waals surface area contributed by atoms with Crippen LogP contribution in [0.5, 0.6) is 0 Å². The smallest absolute Gasteiger partial charge is 0.195 e. The average Bonchev–Trinajstić information content (AvgIpc) is 2.88. The molecule has 0 saturated carbocycles. The monoisotopic (exact) mass is 192 g/mol. The molecule has 3 rings (SSSR count). The van der Waals surface area contributed by atoms with Crippen LogP contribution in [0, 0.1) is 5.92 Å². The van der Waals surface area contributed by atoms with Gasteiger partial charge in [-0.05, 0) is 31.4 Å². The first-order valence-electron chi connectivity index (χ1n) is 5.45. The third-order valence-electron chi connectivity index (χ3n) is 3.50. The zero-order valence-electron chi connectivity index (χ0n) is 8.28. The second-order valence-corrected chi connectivity index (χ2v) is 4.30. The van der Waals surface area contributed by atoms with Crippen LogP contribution in [-0.2, 0) is 0 Å². The van der Waals surface area contributed by atoms with Gasteiger partial charge in [-0.2, -0.15) is 0 Å². The summed E-state index contributed by atoms with van der Waals surface area (Å²) in [5, 5.41) is 3.57. The molecule has 3 heterocycles. The van der Waals surface area contributed by atoms with E-state index in [4.69, 9.17) is 4.42 Å². The van der Waals surface area contributed by atoms with E-state index in [0.717, 1.165) is 24.9 Å². The molecule has 0 spiro atoms. The van der Waals surface area contributed by atoms with Crippen LogP contribution in [0.1, 0.15) is 12.8 Å². The Morgan fingerprint density at radius 3 is 3.29 bits per heavy atom. The van der Waals surface area contributed by atoms with Gasteiger partial charge in [0.15, 0.2) is 5.88 Å². The molecule has 0 radical (unpaired) electrons. The molecule has 2 aliphatic rings. The number of hydrogen-bond donors (Lipinski definition) is 1. The molecule has 0 amide bonds. The van der Waals surface area contributed by atoms with Gasteiger partial charge in [-0.25, -0.2) is 0 Å². The number of anilines is 1. The van der Waals surface area contributed by atoms with Crippen molar-refractivity contribution in [2.75, 3.05) is 24.5 Å². The summed E-state index contributed by atoms with van der Waals surface area (Å²) in [6.45, 7) is 3.45. The first-order valence-corrected chi connectivity index (χ1v) is 5.45. The number of fused-ring (bicyclic) bond motifs is 1. The first-order chi connectivity index (χ1) is 6.93. The molecule has 2 saturated heterocycles. The van der Waals surface area contributed by atoms with Gasteiger partial charge in [-0.15, -0.1) is 0 Å². The summed E-state index contributed by atoms with van der Waals surface area (Å²) < 4.78 is 5.42. The Kier molecular flexibility index (Phi) is 1.98. The molecular formula is C11H16N2O. The molecule has 76 valence electrons. The molecule has 3 nitrogen and oxygen atoms in total. The fourth-order valence-electron chi connectivity index (χ4n) is 2.68. The molecule has 1 aromatic heterocycles. The quantitative estimate of drug-likeness (QED) is 0.730. The molecule has 2 unspecified atom stereocenters. The van der Waals surface area contributed by atoms with Gasteiger partial charge in [0.05, 0.1) is 6.26 Å². The summed E-state index contributed by atoms with van der Waals surface area (Å²) in [6, 6.07) is 4.70. The molecule has 0 aromatic carbocycles. The van der Waals surface area contributed by atoms with E-state index in [-0.39, 0.29) is 0 Å². The number of rotatable bonds is 1. The van der Waals surface area contributed by atoms with E-state index in [0.29, 0.717) is 6.04 Å². The van der Waals surface area contributed by atoms with Crippen LogP contribution in [0.4, 0.5) is 5.88 Å². The normalized spacial score (nSPS) is 31.9. The Labute approximate surface area is 84.1 Å². The zero-order chi connectivity index (χ0) is 9.38. The molecule has 1 N–H and O–H groups in total. The fraction of sp³-hybridized carbons (Fsp3) is 0.636. The average molecular weight is 192 g/mol. The van der Waals surface area contributed by atoms with Gasteiger partial charge < -0.3 is 14.6 Å². The summed E-state index contributed by atoms with van der Waals surface area (Å²) in [7, 11) is 0. The lowest BCUT2D eigenvalue weighted by Gasteiger charge is -2.34. The molecule has 2 aliphatic heterocycles. The highest BCUT2D eigenvalue weighted by Gasteiger charge is 2.33. The van der Waals surface area contributed by atoms with E-state index in [1.54, 1.807) is 6.26 Å². The molecule has 0 aliphatic carbocycles. The van der Waals surface area contributed by atoms with Crippen molar-refractivity contribution in [3.05, 3.63) is 18.4 Å². The highest BCUT2D eigenvalue weighted by atomic mass is 16.3. The summed E-state index contributed by atoms with van der Waals surface area (Å²) in [5.41, 5.74) is 0. The SMILES string of the molecule is c1coc(N2CCC3CCNC3C2)c1. The summed E-state index contributed by atoms with van der Waals surface area (Å²) >= 11 is 0. The topological polar surface area (TPSA) is 28.4 Å². The first kappa shape index (κ1) is 8.36. The van der Waals surface area contributed by atoms with Crippen molar-refractivity contribution in [3.8, 4) is 0 Å². The van der Waals surface area contributed by atoms with Gasteiger partial charge >= 0.3 is 0 Å². The van der Waals surface area contributed by atoms with Crippen LogP contribution >= 0.6 is 0 Å². The Morgan fingerprint density at radius 1 is 1.43 bits per heavy atom. The fourth-order valence-corrected chi connectivity index (χ4v) is 2.68. The Balaban J connectivity index is 1.73. The molecular weight excluding hydrogens is 176 g/mol. The Morgan fingerprint density at radius 2 is 2.43 bits per heavy atom. The summed E-state index contributed by atoms with van der Waals surface area (Å²) in [6.07, 6.45) is 4.42. The van der Waals surface area contributed by atoms with Crippen LogP contribution in [0.3, 0.4) is 0 Å². The van der Waals surface area contributed by atoms with Gasteiger partial charge in [0.25, 0.3) is 0 Å². The largest absolute Gasteiger partial charge is 0.449 e. The number of furan rings is 1. The predicted molar refractivity (Wildman–Crippen MR) is 55.4 cm³/mol. The number of hydrogen-bond acceptors (Lipinski definition) is 3. The second kappa shape index (κ2) is 3.31. The minimum Gasteiger partial charge on any atom is -0.449 e. The maximum absolute atomic E-state index is 5.42. The van der Waals surface area contributed by atoms with Gasteiger partial charge in [-0.1, -0.05) is 0 Å². The molecule has 2 fully saturated rings. The van der Waals surface area contributed by atoms with E-state index in [9.17, 15) is 0 Å². The van der Waals surface area contributed by atoms with Crippen molar-refractivity contribution in [1.82, 2.24) is 5.32 Å². The second-order valence-electron chi connectivity index (χ2n) is 4.30. The minimum absolute atomic E-state index is 0.689. The molecule has 0 bridgehead atoms. The van der Waals surface area contributed by atoms with E-state index in [1.807, 2.05) is 6.07 Å². The van der Waals surface area contributed by atoms with Gasteiger partial charge in [0.2, 0.25) is 0 Å². The lowest BCUT2D eigenvalue weighted by molar-refractivity contribution is 0.361. The maximum atomic E-state index is 5.42.